The zero-order chi connectivity index (χ0) is 18.9. The minimum atomic E-state index is -0.647. The monoisotopic (exact) mass is 366 g/mol. The number of nitrogens with one attached hydrogen (secondary N) is 1. The van der Waals surface area contributed by atoms with Gasteiger partial charge < -0.3 is 20.1 Å². The number of methoxy groups -OCH3 is 1. The van der Waals surface area contributed by atoms with E-state index in [4.69, 9.17) is 4.74 Å². The fourth-order valence-electron chi connectivity index (χ4n) is 4.65. The molecule has 4 rings (SSSR count). The van der Waals surface area contributed by atoms with E-state index in [9.17, 15) is 9.90 Å². The first kappa shape index (κ1) is 17.9. The molecule has 2 amide bonds. The average Bonchev–Trinajstić information content (AvgIpc) is 3.17. The Hall–Kier alpha value is -2.53. The summed E-state index contributed by atoms with van der Waals surface area (Å²) in [4.78, 5) is 14.5. The largest absolute Gasteiger partial charge is 0.497 e. The Morgan fingerprint density at radius 3 is 2.52 bits per heavy atom. The van der Waals surface area contributed by atoms with Crippen LogP contribution in [0.3, 0.4) is 0 Å². The predicted molar refractivity (Wildman–Crippen MR) is 105 cm³/mol. The molecule has 1 saturated heterocycles. The number of likely N-dealkylation sites (tertiary alicyclic amines) is 1. The van der Waals surface area contributed by atoms with E-state index in [-0.39, 0.29) is 6.03 Å². The normalized spacial score (nSPS) is 26.7. The predicted octanol–water partition coefficient (Wildman–Crippen LogP) is 3.54. The van der Waals surface area contributed by atoms with Crippen LogP contribution in [-0.4, -0.2) is 41.8 Å². The SMILES string of the molecule is COc1cccc(NC(=O)N2C[C@@H]3CC(O)(Cc4ccccc4)C[C@@H]3C2)c1. The van der Waals surface area contributed by atoms with Crippen LogP contribution in [0.1, 0.15) is 18.4 Å². The van der Waals surface area contributed by atoms with Crippen LogP contribution in [-0.2, 0) is 6.42 Å². The highest BCUT2D eigenvalue weighted by Crippen LogP contribution is 2.45. The number of rotatable bonds is 4. The second-order valence-electron chi connectivity index (χ2n) is 7.88. The molecule has 27 heavy (non-hydrogen) atoms. The summed E-state index contributed by atoms with van der Waals surface area (Å²) >= 11 is 0. The first-order chi connectivity index (χ1) is 13.0. The van der Waals surface area contributed by atoms with Crippen molar-refractivity contribution in [3.05, 3.63) is 60.2 Å². The number of fused-ring (bicyclic) bond motifs is 1. The van der Waals surface area contributed by atoms with Crippen LogP contribution in [0.4, 0.5) is 10.5 Å². The van der Waals surface area contributed by atoms with Gasteiger partial charge in [0, 0.05) is 31.3 Å². The van der Waals surface area contributed by atoms with Gasteiger partial charge in [-0.15, -0.1) is 0 Å². The van der Waals surface area contributed by atoms with Crippen molar-refractivity contribution < 1.29 is 14.6 Å². The van der Waals surface area contributed by atoms with Gasteiger partial charge in [0.2, 0.25) is 0 Å². The number of amides is 2. The number of urea groups is 1. The first-order valence-corrected chi connectivity index (χ1v) is 9.51. The van der Waals surface area contributed by atoms with Gasteiger partial charge in [0.15, 0.2) is 0 Å². The molecule has 0 spiro atoms. The maximum atomic E-state index is 12.6. The number of nitrogens with zero attached hydrogens (tertiary/aromatic N) is 1. The lowest BCUT2D eigenvalue weighted by Crippen LogP contribution is -2.36. The van der Waals surface area contributed by atoms with Crippen molar-refractivity contribution in [3.8, 4) is 5.75 Å². The van der Waals surface area contributed by atoms with E-state index in [0.29, 0.717) is 31.3 Å². The van der Waals surface area contributed by atoms with Gasteiger partial charge >= 0.3 is 6.03 Å². The molecule has 3 atom stereocenters. The Bertz CT molecular complexity index is 794. The number of carbonyl (C=O) groups is 1. The third-order valence-corrected chi connectivity index (χ3v) is 5.84. The quantitative estimate of drug-likeness (QED) is 0.870. The van der Waals surface area contributed by atoms with Gasteiger partial charge in [-0.1, -0.05) is 36.4 Å². The second kappa shape index (κ2) is 7.24. The van der Waals surface area contributed by atoms with Crippen molar-refractivity contribution >= 4 is 11.7 Å². The molecule has 2 aromatic rings. The van der Waals surface area contributed by atoms with Gasteiger partial charge in [0.25, 0.3) is 0 Å². The molecule has 1 saturated carbocycles. The van der Waals surface area contributed by atoms with Gasteiger partial charge in [-0.25, -0.2) is 4.79 Å². The van der Waals surface area contributed by atoms with Gasteiger partial charge in [-0.2, -0.15) is 0 Å². The fourth-order valence-corrected chi connectivity index (χ4v) is 4.65. The summed E-state index contributed by atoms with van der Waals surface area (Å²) in [6, 6.07) is 17.5. The van der Waals surface area contributed by atoms with Crippen molar-refractivity contribution in [2.24, 2.45) is 11.8 Å². The number of carbonyl (C=O) groups excluding carboxylic acids is 1. The lowest BCUT2D eigenvalue weighted by atomic mass is 9.91. The third kappa shape index (κ3) is 3.93. The summed E-state index contributed by atoms with van der Waals surface area (Å²) < 4.78 is 5.20. The zero-order valence-corrected chi connectivity index (χ0v) is 15.6. The van der Waals surface area contributed by atoms with Gasteiger partial charge in [-0.05, 0) is 42.4 Å². The molecule has 0 bridgehead atoms. The van der Waals surface area contributed by atoms with E-state index in [1.807, 2.05) is 47.4 Å². The standard InChI is InChI=1S/C22H26N2O3/c1-27-20-9-5-8-19(10-20)23-21(25)24-14-17-12-22(26,13-18(17)15-24)11-16-6-3-2-4-7-16/h2-10,17-18,26H,11-15H2,1H3,(H,23,25)/t17-,18+,22?. The van der Waals surface area contributed by atoms with Crippen molar-refractivity contribution in [1.82, 2.24) is 4.90 Å². The van der Waals surface area contributed by atoms with Crippen molar-refractivity contribution in [3.63, 3.8) is 0 Å². The van der Waals surface area contributed by atoms with Crippen LogP contribution in [0, 0.1) is 11.8 Å². The molecule has 1 aliphatic heterocycles. The highest BCUT2D eigenvalue weighted by atomic mass is 16.5. The molecule has 2 aliphatic rings. The topological polar surface area (TPSA) is 61.8 Å². The van der Waals surface area contributed by atoms with Crippen LogP contribution >= 0.6 is 0 Å². The molecular weight excluding hydrogens is 340 g/mol. The van der Waals surface area contributed by atoms with Crippen LogP contribution < -0.4 is 10.1 Å². The van der Waals surface area contributed by atoms with Gasteiger partial charge in [0.05, 0.1) is 12.7 Å². The summed E-state index contributed by atoms with van der Waals surface area (Å²) in [7, 11) is 1.61. The lowest BCUT2D eigenvalue weighted by Gasteiger charge is -2.26. The van der Waals surface area contributed by atoms with E-state index >= 15 is 0 Å². The van der Waals surface area contributed by atoms with E-state index in [0.717, 1.165) is 24.3 Å². The molecule has 1 aliphatic carbocycles. The summed E-state index contributed by atoms with van der Waals surface area (Å²) in [6.45, 7) is 1.41. The summed E-state index contributed by atoms with van der Waals surface area (Å²) in [6.07, 6.45) is 2.21. The Morgan fingerprint density at radius 1 is 1.15 bits per heavy atom. The number of aliphatic hydroxyl groups is 1. The van der Waals surface area contributed by atoms with E-state index in [1.165, 1.54) is 5.56 Å². The van der Waals surface area contributed by atoms with Crippen LogP contribution in [0.5, 0.6) is 5.75 Å². The maximum Gasteiger partial charge on any atom is 0.321 e. The molecule has 142 valence electrons. The first-order valence-electron chi connectivity index (χ1n) is 9.51. The lowest BCUT2D eigenvalue weighted by molar-refractivity contribution is 0.0368. The molecule has 2 N–H and O–H groups in total. The van der Waals surface area contributed by atoms with E-state index in [1.54, 1.807) is 7.11 Å². The number of hydrogen-bond acceptors (Lipinski definition) is 3. The maximum absolute atomic E-state index is 12.6. The minimum absolute atomic E-state index is 0.0794. The second-order valence-corrected chi connectivity index (χ2v) is 7.88. The Kier molecular flexibility index (Phi) is 4.79. The Labute approximate surface area is 160 Å². The van der Waals surface area contributed by atoms with Crippen molar-refractivity contribution in [1.29, 1.82) is 0 Å². The summed E-state index contributed by atoms with van der Waals surface area (Å²) in [5.41, 5.74) is 1.26. The van der Waals surface area contributed by atoms with E-state index < -0.39 is 5.60 Å². The van der Waals surface area contributed by atoms with Gasteiger partial charge in [-0.3, -0.25) is 0 Å². The minimum Gasteiger partial charge on any atom is -0.497 e. The number of benzene rings is 2. The molecule has 2 aromatic carbocycles. The number of ether oxygens (including phenoxy) is 1. The summed E-state index contributed by atoms with van der Waals surface area (Å²) in [5.74, 6) is 1.46. The molecular formula is C22H26N2O3. The highest BCUT2D eigenvalue weighted by Gasteiger charge is 2.49. The molecule has 5 heteroatoms. The van der Waals surface area contributed by atoms with E-state index in [2.05, 4.69) is 17.4 Å². The molecule has 1 heterocycles. The molecule has 2 fully saturated rings. The third-order valence-electron chi connectivity index (χ3n) is 5.84. The Balaban J connectivity index is 1.34. The summed E-state index contributed by atoms with van der Waals surface area (Å²) in [5, 5.41) is 14.0. The molecule has 5 nitrogen and oxygen atoms in total. The van der Waals surface area contributed by atoms with Crippen molar-refractivity contribution in [2.45, 2.75) is 24.9 Å². The number of anilines is 1. The molecule has 1 unspecified atom stereocenters. The van der Waals surface area contributed by atoms with Crippen LogP contribution in [0.2, 0.25) is 0 Å². The average molecular weight is 366 g/mol. The van der Waals surface area contributed by atoms with Crippen LogP contribution in [0.25, 0.3) is 0 Å². The van der Waals surface area contributed by atoms with Gasteiger partial charge in [0.1, 0.15) is 5.75 Å². The smallest absolute Gasteiger partial charge is 0.321 e. The molecule has 0 aromatic heterocycles. The zero-order valence-electron chi connectivity index (χ0n) is 15.6. The van der Waals surface area contributed by atoms with Crippen molar-refractivity contribution in [2.75, 3.05) is 25.5 Å². The molecule has 0 radical (unpaired) electrons. The highest BCUT2D eigenvalue weighted by molar-refractivity contribution is 5.89. The fraction of sp³-hybridized carbons (Fsp3) is 0.409. The number of hydrogen-bond donors (Lipinski definition) is 2. The Morgan fingerprint density at radius 2 is 1.85 bits per heavy atom. The van der Waals surface area contributed by atoms with Crippen LogP contribution in [0.15, 0.2) is 54.6 Å².